The first-order chi connectivity index (χ1) is 2.89. The van der Waals surface area contributed by atoms with Gasteiger partial charge in [0.2, 0.25) is 0 Å². The van der Waals surface area contributed by atoms with Crippen molar-refractivity contribution < 1.29 is 0 Å². The normalized spacial score (nSPS) is 34.5. The largest absolute Gasteiger partial charge is 0.303 e. The highest BCUT2D eigenvalue weighted by molar-refractivity contribution is 4.68. The van der Waals surface area contributed by atoms with E-state index in [1.165, 1.54) is 0 Å². The van der Waals surface area contributed by atoms with Gasteiger partial charge in [-0.15, -0.1) is 0 Å². The molecule has 2 nitrogen and oxygen atoms in total. The zero-order chi connectivity index (χ0) is 4.41. The molecule has 36 valence electrons. The summed E-state index contributed by atoms with van der Waals surface area (Å²) in [5, 5.41) is 6.37. The Hall–Kier alpha value is -0.0800. The molecule has 0 spiro atoms. The average molecular weight is 86.1 g/mol. The fraction of sp³-hybridized carbons (Fsp3) is 1.00. The van der Waals surface area contributed by atoms with E-state index in [1.54, 1.807) is 0 Å². The summed E-state index contributed by atoms with van der Waals surface area (Å²) < 4.78 is 0. The van der Waals surface area contributed by atoms with E-state index in [0.717, 1.165) is 13.2 Å². The lowest BCUT2D eigenvalue weighted by Gasteiger charge is -1.93. The minimum atomic E-state index is 0.685. The van der Waals surface area contributed by atoms with E-state index in [2.05, 4.69) is 17.6 Å². The number of rotatable bonds is 0. The van der Waals surface area contributed by atoms with Gasteiger partial charge in [0.1, 0.15) is 0 Å². The van der Waals surface area contributed by atoms with Crippen molar-refractivity contribution in [1.29, 1.82) is 0 Å². The van der Waals surface area contributed by atoms with Gasteiger partial charge in [-0.1, -0.05) is 0 Å². The van der Waals surface area contributed by atoms with Gasteiger partial charge in [-0.3, -0.25) is 0 Å². The molecule has 0 aromatic rings. The second-order valence-electron chi connectivity index (χ2n) is 1.74. The topological polar surface area (TPSA) is 24.1 Å². The maximum Gasteiger partial charge on any atom is 0.0457 e. The first kappa shape index (κ1) is 4.09. The standard InChI is InChI=1S/C4H10N2/c1-4-2-5-3-6-4/h4-6H,2-3H2,1H3/t4-/m0/s1. The Balaban J connectivity index is 2.18. The van der Waals surface area contributed by atoms with Crippen molar-refractivity contribution in [3.63, 3.8) is 0 Å². The molecule has 6 heavy (non-hydrogen) atoms. The molecule has 0 unspecified atom stereocenters. The van der Waals surface area contributed by atoms with Gasteiger partial charge in [0, 0.05) is 19.3 Å². The van der Waals surface area contributed by atoms with Gasteiger partial charge in [0.15, 0.2) is 0 Å². The molecule has 1 aliphatic heterocycles. The Kier molecular flexibility index (Phi) is 1.08. The van der Waals surface area contributed by atoms with Crippen molar-refractivity contribution in [2.75, 3.05) is 13.2 Å². The van der Waals surface area contributed by atoms with Gasteiger partial charge in [-0.25, -0.2) is 0 Å². The first-order valence-electron chi connectivity index (χ1n) is 2.33. The molecule has 1 atom stereocenters. The number of nitrogens with one attached hydrogen (secondary N) is 2. The van der Waals surface area contributed by atoms with Gasteiger partial charge in [0.25, 0.3) is 0 Å². The Labute approximate surface area is 37.9 Å². The molecule has 1 rings (SSSR count). The van der Waals surface area contributed by atoms with Gasteiger partial charge in [-0.05, 0) is 6.92 Å². The summed E-state index contributed by atoms with van der Waals surface area (Å²) in [4.78, 5) is 0. The maximum absolute atomic E-state index is 3.21. The fourth-order valence-electron chi connectivity index (χ4n) is 0.607. The van der Waals surface area contributed by atoms with Crippen molar-refractivity contribution in [2.24, 2.45) is 0 Å². The third-order valence-corrected chi connectivity index (χ3v) is 1.03. The molecule has 0 aromatic carbocycles. The van der Waals surface area contributed by atoms with Gasteiger partial charge < -0.3 is 10.6 Å². The molecule has 1 heterocycles. The summed E-state index contributed by atoms with van der Waals surface area (Å²) in [6.45, 7) is 4.28. The average Bonchev–Trinajstić information content (AvgIpc) is 1.86. The van der Waals surface area contributed by atoms with Crippen LogP contribution in [-0.4, -0.2) is 19.3 Å². The highest BCUT2D eigenvalue weighted by Gasteiger charge is 2.04. The molecule has 0 aliphatic carbocycles. The summed E-state index contributed by atoms with van der Waals surface area (Å²) in [5.41, 5.74) is 0. The highest BCUT2D eigenvalue weighted by atomic mass is 15.2. The molecule has 2 heteroatoms. The van der Waals surface area contributed by atoms with Crippen LogP contribution in [0.2, 0.25) is 0 Å². The zero-order valence-electron chi connectivity index (χ0n) is 3.99. The Bertz CT molecular complexity index is 38.8. The lowest BCUT2D eigenvalue weighted by molar-refractivity contribution is 0.692. The summed E-state index contributed by atoms with van der Waals surface area (Å²) in [6, 6.07) is 0.685. The number of hydrogen-bond donors (Lipinski definition) is 2. The van der Waals surface area contributed by atoms with Crippen LogP contribution >= 0.6 is 0 Å². The van der Waals surface area contributed by atoms with Crippen LogP contribution < -0.4 is 10.6 Å². The molecule has 1 saturated heterocycles. The van der Waals surface area contributed by atoms with E-state index in [4.69, 9.17) is 0 Å². The smallest absolute Gasteiger partial charge is 0.0457 e. The predicted octanol–water partition coefficient (Wildman–Crippen LogP) is -0.475. The minimum Gasteiger partial charge on any atom is -0.303 e. The summed E-state index contributed by atoms with van der Waals surface area (Å²) in [7, 11) is 0. The van der Waals surface area contributed by atoms with E-state index < -0.39 is 0 Å². The van der Waals surface area contributed by atoms with Crippen LogP contribution in [-0.2, 0) is 0 Å². The van der Waals surface area contributed by atoms with Crippen LogP contribution in [0.25, 0.3) is 0 Å². The SMILES string of the molecule is C[C@H]1CNCN1. The zero-order valence-corrected chi connectivity index (χ0v) is 3.99. The predicted molar refractivity (Wildman–Crippen MR) is 25.5 cm³/mol. The molecule has 1 fully saturated rings. The minimum absolute atomic E-state index is 0.685. The summed E-state index contributed by atoms with van der Waals surface area (Å²) in [5.74, 6) is 0. The molecule has 2 N–H and O–H groups in total. The lowest BCUT2D eigenvalue weighted by Crippen LogP contribution is -2.18. The molecular weight excluding hydrogens is 76.1 g/mol. The van der Waals surface area contributed by atoms with Crippen LogP contribution in [0.1, 0.15) is 6.92 Å². The van der Waals surface area contributed by atoms with Crippen molar-refractivity contribution in [3.8, 4) is 0 Å². The van der Waals surface area contributed by atoms with Crippen LogP contribution in [0.5, 0.6) is 0 Å². The quantitative estimate of drug-likeness (QED) is 0.416. The first-order valence-corrected chi connectivity index (χ1v) is 2.33. The van der Waals surface area contributed by atoms with Crippen molar-refractivity contribution in [3.05, 3.63) is 0 Å². The van der Waals surface area contributed by atoms with Crippen molar-refractivity contribution in [1.82, 2.24) is 10.6 Å². The molecule has 0 amide bonds. The Morgan fingerprint density at radius 1 is 1.67 bits per heavy atom. The molecule has 1 aliphatic rings. The van der Waals surface area contributed by atoms with E-state index in [9.17, 15) is 0 Å². The third-order valence-electron chi connectivity index (χ3n) is 1.03. The van der Waals surface area contributed by atoms with Crippen LogP contribution in [0.15, 0.2) is 0 Å². The summed E-state index contributed by atoms with van der Waals surface area (Å²) >= 11 is 0. The van der Waals surface area contributed by atoms with Crippen molar-refractivity contribution >= 4 is 0 Å². The van der Waals surface area contributed by atoms with E-state index in [0.29, 0.717) is 6.04 Å². The molecular formula is C4H10N2. The van der Waals surface area contributed by atoms with E-state index in [1.807, 2.05) is 0 Å². The summed E-state index contributed by atoms with van der Waals surface area (Å²) in [6.07, 6.45) is 0. The molecule has 0 saturated carbocycles. The fourth-order valence-corrected chi connectivity index (χ4v) is 0.607. The highest BCUT2D eigenvalue weighted by Crippen LogP contribution is 1.80. The third kappa shape index (κ3) is 0.698. The molecule has 0 bridgehead atoms. The van der Waals surface area contributed by atoms with E-state index in [-0.39, 0.29) is 0 Å². The number of hydrogen-bond acceptors (Lipinski definition) is 2. The van der Waals surface area contributed by atoms with Crippen LogP contribution in [0, 0.1) is 0 Å². The van der Waals surface area contributed by atoms with Gasteiger partial charge in [0.05, 0.1) is 0 Å². The maximum atomic E-state index is 3.21. The second kappa shape index (κ2) is 1.58. The van der Waals surface area contributed by atoms with Gasteiger partial charge in [-0.2, -0.15) is 0 Å². The van der Waals surface area contributed by atoms with Crippen LogP contribution in [0.3, 0.4) is 0 Å². The van der Waals surface area contributed by atoms with Gasteiger partial charge >= 0.3 is 0 Å². The Morgan fingerprint density at radius 3 is 2.67 bits per heavy atom. The van der Waals surface area contributed by atoms with Crippen molar-refractivity contribution in [2.45, 2.75) is 13.0 Å². The Morgan fingerprint density at radius 2 is 2.50 bits per heavy atom. The second-order valence-corrected chi connectivity index (χ2v) is 1.74. The van der Waals surface area contributed by atoms with E-state index >= 15 is 0 Å². The monoisotopic (exact) mass is 86.1 g/mol. The van der Waals surface area contributed by atoms with Crippen LogP contribution in [0.4, 0.5) is 0 Å². The molecule has 0 radical (unpaired) electrons. The molecule has 0 aromatic heterocycles. The lowest BCUT2D eigenvalue weighted by atomic mass is 10.4.